The van der Waals surface area contributed by atoms with Crippen molar-refractivity contribution in [3.05, 3.63) is 72.8 Å². The number of aliphatic hydroxyl groups excluding tert-OH is 1. The molecule has 0 spiro atoms. The average Bonchev–Trinajstić information content (AvgIpc) is 2.79. The molecule has 8 nitrogen and oxygen atoms in total. The maximum Gasteiger partial charge on any atom is 0.240 e. The zero-order valence-electron chi connectivity index (χ0n) is 17.1. The van der Waals surface area contributed by atoms with Crippen LogP contribution in [0.2, 0.25) is 0 Å². The van der Waals surface area contributed by atoms with Gasteiger partial charge in [0.25, 0.3) is 0 Å². The number of nitrogens with zero attached hydrogens (tertiary/aromatic N) is 1. The maximum absolute atomic E-state index is 12.9. The van der Waals surface area contributed by atoms with Gasteiger partial charge in [-0.1, -0.05) is 24.3 Å². The Kier molecular flexibility index (Phi) is 5.26. The molecule has 0 radical (unpaired) electrons. The summed E-state index contributed by atoms with van der Waals surface area (Å²) in [5.41, 5.74) is 7.69. The van der Waals surface area contributed by atoms with E-state index >= 15 is 0 Å². The van der Waals surface area contributed by atoms with Crippen LogP contribution in [0, 0.1) is 0 Å². The number of rotatable bonds is 4. The molecule has 0 bridgehead atoms. The van der Waals surface area contributed by atoms with E-state index in [-0.39, 0.29) is 18.1 Å². The van der Waals surface area contributed by atoms with Crippen molar-refractivity contribution >= 4 is 27.1 Å². The summed E-state index contributed by atoms with van der Waals surface area (Å²) in [4.78, 5) is 2.03. The maximum atomic E-state index is 12.9. The van der Waals surface area contributed by atoms with Crippen LogP contribution in [-0.2, 0) is 14.8 Å². The molecular formula is C23H23N3O5S. The summed E-state index contributed by atoms with van der Waals surface area (Å²) < 4.78 is 40.1. The van der Waals surface area contributed by atoms with Crippen LogP contribution >= 0.6 is 0 Å². The predicted octanol–water partition coefficient (Wildman–Crippen LogP) is 2.62. The second-order valence-corrected chi connectivity index (χ2v) is 9.51. The first kappa shape index (κ1) is 20.8. The number of para-hydroxylation sites is 4. The Morgan fingerprint density at radius 2 is 1.50 bits per heavy atom. The molecule has 3 atom stereocenters. The summed E-state index contributed by atoms with van der Waals surface area (Å²) in [5, 5.41) is 11.3. The zero-order valence-corrected chi connectivity index (χ0v) is 17.9. The fourth-order valence-electron chi connectivity index (χ4n) is 4.12. The molecule has 5 rings (SSSR count). The number of ether oxygens (including phenoxy) is 2. The second kappa shape index (κ2) is 8.10. The molecule has 9 heteroatoms. The van der Waals surface area contributed by atoms with Crippen LogP contribution in [-0.4, -0.2) is 44.9 Å². The highest BCUT2D eigenvalue weighted by Gasteiger charge is 2.41. The Hall–Kier alpha value is -3.11. The second-order valence-electron chi connectivity index (χ2n) is 7.80. The van der Waals surface area contributed by atoms with Crippen molar-refractivity contribution in [2.75, 3.05) is 23.8 Å². The van der Waals surface area contributed by atoms with Gasteiger partial charge < -0.3 is 25.2 Å². The van der Waals surface area contributed by atoms with Crippen molar-refractivity contribution in [1.29, 1.82) is 0 Å². The van der Waals surface area contributed by atoms with Crippen LogP contribution in [0.15, 0.2) is 77.7 Å². The number of anilines is 3. The topological polar surface area (TPSA) is 114 Å². The molecule has 0 saturated carbocycles. The van der Waals surface area contributed by atoms with E-state index in [2.05, 4.69) is 4.72 Å². The molecule has 4 N–H and O–H groups in total. The highest BCUT2D eigenvalue weighted by Crippen LogP contribution is 2.48. The van der Waals surface area contributed by atoms with E-state index in [1.54, 1.807) is 0 Å². The highest BCUT2D eigenvalue weighted by atomic mass is 32.2. The summed E-state index contributed by atoms with van der Waals surface area (Å²) in [7, 11) is -3.87. The minimum Gasteiger partial charge on any atom is -0.453 e. The Balaban J connectivity index is 1.46. The van der Waals surface area contributed by atoms with Crippen molar-refractivity contribution in [1.82, 2.24) is 4.72 Å². The fraction of sp³-hybridized carbons (Fsp3) is 0.217. The lowest BCUT2D eigenvalue weighted by molar-refractivity contribution is -0.0244. The van der Waals surface area contributed by atoms with Crippen molar-refractivity contribution < 1.29 is 23.0 Å². The number of fused-ring (bicyclic) bond motifs is 2. The number of sulfonamides is 1. The molecular weight excluding hydrogens is 430 g/mol. The molecule has 0 amide bonds. The van der Waals surface area contributed by atoms with Gasteiger partial charge in [0.2, 0.25) is 10.0 Å². The van der Waals surface area contributed by atoms with Gasteiger partial charge in [-0.2, -0.15) is 0 Å². The molecule has 2 aliphatic rings. The normalized spacial score (nSPS) is 22.5. The van der Waals surface area contributed by atoms with Gasteiger partial charge >= 0.3 is 0 Å². The van der Waals surface area contributed by atoms with Gasteiger partial charge in [-0.3, -0.25) is 0 Å². The summed E-state index contributed by atoms with van der Waals surface area (Å²) in [6.45, 7) is 0.281. The minimum absolute atomic E-state index is 0.0551. The number of nitrogens with one attached hydrogen (secondary N) is 1. The summed E-state index contributed by atoms with van der Waals surface area (Å²) >= 11 is 0. The molecule has 32 heavy (non-hydrogen) atoms. The lowest BCUT2D eigenvalue weighted by Crippen LogP contribution is -2.60. The third-order valence-corrected chi connectivity index (χ3v) is 7.20. The SMILES string of the molecule is Nc1ccc(S(=O)(=O)N[C@@H]2COC[C@H](N3c4ccccc4Oc4ccccc43)[C@H]2O)cc1. The van der Waals surface area contributed by atoms with Crippen LogP contribution in [0.25, 0.3) is 0 Å². The van der Waals surface area contributed by atoms with Crippen LogP contribution in [0.5, 0.6) is 11.5 Å². The number of hydrogen-bond acceptors (Lipinski definition) is 7. The van der Waals surface area contributed by atoms with Gasteiger partial charge in [0.15, 0.2) is 11.5 Å². The molecule has 166 valence electrons. The number of hydrogen-bond donors (Lipinski definition) is 3. The van der Waals surface area contributed by atoms with Crippen molar-refractivity contribution in [3.8, 4) is 11.5 Å². The summed E-state index contributed by atoms with van der Waals surface area (Å²) in [5.74, 6) is 1.31. The smallest absolute Gasteiger partial charge is 0.240 e. The van der Waals surface area contributed by atoms with E-state index in [9.17, 15) is 13.5 Å². The Morgan fingerprint density at radius 1 is 0.906 bits per heavy atom. The van der Waals surface area contributed by atoms with Gasteiger partial charge in [-0.15, -0.1) is 0 Å². The fourth-order valence-corrected chi connectivity index (χ4v) is 5.35. The van der Waals surface area contributed by atoms with E-state index in [1.165, 1.54) is 24.3 Å². The quantitative estimate of drug-likeness (QED) is 0.520. The third-order valence-electron chi connectivity index (χ3n) is 5.69. The van der Waals surface area contributed by atoms with Crippen LogP contribution < -0.4 is 20.1 Å². The van der Waals surface area contributed by atoms with Crippen LogP contribution in [0.3, 0.4) is 0 Å². The molecule has 2 heterocycles. The third kappa shape index (κ3) is 3.69. The van der Waals surface area contributed by atoms with E-state index in [1.807, 2.05) is 53.4 Å². The molecule has 3 aromatic rings. The Labute approximate surface area is 186 Å². The van der Waals surface area contributed by atoms with Gasteiger partial charge in [-0.25, -0.2) is 13.1 Å². The first-order chi connectivity index (χ1) is 15.4. The number of nitrogens with two attached hydrogens (primary N) is 1. The molecule has 1 fully saturated rings. The highest BCUT2D eigenvalue weighted by molar-refractivity contribution is 7.89. The molecule has 1 saturated heterocycles. The monoisotopic (exact) mass is 453 g/mol. The predicted molar refractivity (Wildman–Crippen MR) is 121 cm³/mol. The number of benzene rings is 3. The van der Waals surface area contributed by atoms with Gasteiger partial charge in [-0.05, 0) is 48.5 Å². The van der Waals surface area contributed by atoms with E-state index in [4.69, 9.17) is 15.2 Å². The molecule has 0 unspecified atom stereocenters. The number of aliphatic hydroxyl groups is 1. The van der Waals surface area contributed by atoms with Crippen LogP contribution in [0.1, 0.15) is 0 Å². The van der Waals surface area contributed by atoms with Crippen molar-refractivity contribution in [2.45, 2.75) is 23.1 Å². The minimum atomic E-state index is -3.87. The first-order valence-corrected chi connectivity index (χ1v) is 11.7. The summed E-state index contributed by atoms with van der Waals surface area (Å²) in [6.07, 6.45) is -1.04. The average molecular weight is 454 g/mol. The van der Waals surface area contributed by atoms with Gasteiger partial charge in [0.1, 0.15) is 0 Å². The van der Waals surface area contributed by atoms with E-state index < -0.39 is 28.2 Å². The van der Waals surface area contributed by atoms with E-state index in [0.717, 1.165) is 11.4 Å². The van der Waals surface area contributed by atoms with E-state index in [0.29, 0.717) is 17.2 Å². The van der Waals surface area contributed by atoms with Crippen molar-refractivity contribution in [2.24, 2.45) is 0 Å². The molecule has 2 aliphatic heterocycles. The first-order valence-electron chi connectivity index (χ1n) is 10.2. The van der Waals surface area contributed by atoms with Crippen molar-refractivity contribution in [3.63, 3.8) is 0 Å². The summed E-state index contributed by atoms with van der Waals surface area (Å²) in [6, 6.07) is 19.6. The molecule has 0 aliphatic carbocycles. The zero-order chi connectivity index (χ0) is 22.3. The lowest BCUT2D eigenvalue weighted by Gasteiger charge is -2.44. The Morgan fingerprint density at radius 3 is 2.12 bits per heavy atom. The van der Waals surface area contributed by atoms with Gasteiger partial charge in [0, 0.05) is 5.69 Å². The standard InChI is InChI=1S/C23H23N3O5S/c24-15-9-11-16(12-10-15)32(28,29)25-17-13-30-14-20(23(17)27)26-18-5-1-3-7-21(18)31-22-8-4-2-6-19(22)26/h1-12,17,20,23,25,27H,13-14,24H2/t17-,20+,23+/m1/s1. The molecule has 3 aromatic carbocycles. The van der Waals surface area contributed by atoms with Crippen LogP contribution in [0.4, 0.5) is 17.1 Å². The molecule has 0 aromatic heterocycles. The van der Waals surface area contributed by atoms with Gasteiger partial charge in [0.05, 0.1) is 47.7 Å². The number of nitrogen functional groups attached to an aromatic ring is 1. The largest absolute Gasteiger partial charge is 0.453 e. The lowest BCUT2D eigenvalue weighted by atomic mass is 9.98. The Bertz CT molecular complexity index is 1190.